The lowest BCUT2D eigenvalue weighted by molar-refractivity contribution is 0.113. The van der Waals surface area contributed by atoms with E-state index < -0.39 is 7.82 Å². The molecule has 2 atom stereocenters. The van der Waals surface area contributed by atoms with Gasteiger partial charge in [0.2, 0.25) is 11.8 Å². The second-order valence-corrected chi connectivity index (χ2v) is 14.6. The van der Waals surface area contributed by atoms with Crippen molar-refractivity contribution in [1.82, 2.24) is 19.5 Å². The minimum absolute atomic E-state index is 0.0203. The van der Waals surface area contributed by atoms with Gasteiger partial charge in [-0.3, -0.25) is 13.6 Å². The van der Waals surface area contributed by atoms with Gasteiger partial charge in [0.25, 0.3) is 0 Å². The fraction of sp³-hybridized carbons (Fsp3) is 0.650. The van der Waals surface area contributed by atoms with Gasteiger partial charge in [0.1, 0.15) is 0 Å². The number of nitrogens with two attached hydrogens (primary N) is 1. The Labute approximate surface area is 231 Å². The van der Waals surface area contributed by atoms with E-state index in [1.54, 1.807) is 6.33 Å². The molecule has 0 saturated carbocycles. The number of allylic oxidation sites excluding steroid dienone is 1. The lowest BCUT2D eigenvalue weighted by Gasteiger charge is -2.20. The van der Waals surface area contributed by atoms with Crippen LogP contribution < -0.4 is 10.5 Å². The Balaban J connectivity index is 1.54. The minimum atomic E-state index is -3.77. The van der Waals surface area contributed by atoms with Crippen molar-refractivity contribution >= 4 is 68.1 Å². The van der Waals surface area contributed by atoms with Crippen LogP contribution in [0.1, 0.15) is 12.5 Å². The van der Waals surface area contributed by atoms with Gasteiger partial charge < -0.3 is 25.3 Å². The molecular formula is C20H32N5O7PS4. The first-order valence-electron chi connectivity index (χ1n) is 11.5. The highest BCUT2D eigenvalue weighted by Crippen LogP contribution is 2.51. The summed E-state index contributed by atoms with van der Waals surface area (Å²) in [7, 11) is 3.81. The molecule has 3 rings (SSSR count). The zero-order valence-corrected chi connectivity index (χ0v) is 24.5. The molecule has 1 aliphatic carbocycles. The number of nitrogens with zero attached hydrogens (tertiary/aromatic N) is 4. The molecule has 2 aromatic heterocycles. The molecule has 0 amide bonds. The Morgan fingerprint density at radius 3 is 2.30 bits per heavy atom. The maximum absolute atomic E-state index is 13.3. The molecule has 2 heterocycles. The molecule has 0 bridgehead atoms. The molecule has 0 saturated heterocycles. The third-order valence-electron chi connectivity index (χ3n) is 4.90. The third-order valence-corrected chi connectivity index (χ3v) is 11.1. The van der Waals surface area contributed by atoms with Crippen molar-refractivity contribution in [3.05, 3.63) is 18.5 Å². The molecule has 0 radical (unpaired) electrons. The van der Waals surface area contributed by atoms with Gasteiger partial charge in [-0.25, -0.2) is 9.55 Å². The predicted octanol–water partition coefficient (Wildman–Crippen LogP) is 3.44. The van der Waals surface area contributed by atoms with Crippen LogP contribution in [0.5, 0.6) is 5.88 Å². The number of fused-ring (bicyclic) bond motifs is 1. The number of anilines is 1. The van der Waals surface area contributed by atoms with Gasteiger partial charge in [0, 0.05) is 28.9 Å². The van der Waals surface area contributed by atoms with Crippen LogP contribution in [0.2, 0.25) is 0 Å². The average Bonchev–Trinajstić information content (AvgIpc) is 3.53. The van der Waals surface area contributed by atoms with E-state index >= 15 is 0 Å². The number of aromatic nitrogens is 4. The van der Waals surface area contributed by atoms with E-state index in [1.165, 1.54) is 50.3 Å². The largest absolute Gasteiger partial charge is 0.479 e. The number of hydrogen-bond donors (Lipinski definition) is 3. The van der Waals surface area contributed by atoms with Crippen molar-refractivity contribution in [3.8, 4) is 5.88 Å². The molecule has 1 aliphatic rings. The SMILES string of the molecule is COc1nc(N)nc2c1ncn2[C@H]1C=C[C@@H](COP(=O)(OCCSSCCO)OCCSSCCO)C1. The van der Waals surface area contributed by atoms with E-state index in [0.717, 1.165) is 0 Å². The Bertz CT molecular complexity index is 1030. The average molecular weight is 614 g/mol. The number of imidazole rings is 1. The number of rotatable bonds is 19. The summed E-state index contributed by atoms with van der Waals surface area (Å²) in [5.41, 5.74) is 6.93. The number of methoxy groups -OCH3 is 1. The molecule has 0 fully saturated rings. The first kappa shape index (κ1) is 30.9. The van der Waals surface area contributed by atoms with Gasteiger partial charge >= 0.3 is 7.82 Å². The number of ether oxygens (including phenoxy) is 1. The van der Waals surface area contributed by atoms with E-state index in [2.05, 4.69) is 15.0 Å². The molecule has 17 heteroatoms. The van der Waals surface area contributed by atoms with Gasteiger partial charge in [0.15, 0.2) is 11.2 Å². The van der Waals surface area contributed by atoms with Crippen LogP contribution in [0.15, 0.2) is 18.5 Å². The standard InChI is InChI=1S/C20H32N5O7PS4/c1-29-19-17-18(23-20(21)24-19)25(14-22-17)16-3-2-15(12-16)13-32-33(28,30-6-10-36-34-8-4-26)31-7-11-37-35-9-5-27/h2-3,14-16,26-27H,4-13H2,1H3,(H2,21,23,24)/t15-,16+/m1/s1. The first-order chi connectivity index (χ1) is 18.0. The normalized spacial score (nSPS) is 17.7. The van der Waals surface area contributed by atoms with Crippen molar-refractivity contribution in [1.29, 1.82) is 0 Å². The van der Waals surface area contributed by atoms with Gasteiger partial charge in [-0.2, -0.15) is 9.97 Å². The van der Waals surface area contributed by atoms with Crippen LogP contribution in [0.3, 0.4) is 0 Å². The van der Waals surface area contributed by atoms with Gasteiger partial charge in [-0.1, -0.05) is 55.3 Å². The van der Waals surface area contributed by atoms with Crippen LogP contribution >= 0.6 is 51.0 Å². The lowest BCUT2D eigenvalue weighted by atomic mass is 10.1. The minimum Gasteiger partial charge on any atom is -0.479 e. The zero-order chi connectivity index (χ0) is 26.5. The summed E-state index contributed by atoms with van der Waals surface area (Å²) < 4.78 is 37.3. The Morgan fingerprint density at radius 1 is 1.03 bits per heavy atom. The Hall–Kier alpha value is -0.680. The molecule has 4 N–H and O–H groups in total. The van der Waals surface area contributed by atoms with E-state index in [0.29, 0.717) is 46.5 Å². The quantitative estimate of drug-likeness (QED) is 0.0912. The summed E-state index contributed by atoms with van der Waals surface area (Å²) in [6.07, 6.45) is 6.39. The summed E-state index contributed by atoms with van der Waals surface area (Å²) in [6.45, 7) is 0.762. The van der Waals surface area contributed by atoms with Gasteiger partial charge in [-0.15, -0.1) is 0 Å². The number of phosphoric ester groups is 1. The highest BCUT2D eigenvalue weighted by molar-refractivity contribution is 8.77. The number of nitrogen functional groups attached to an aromatic ring is 1. The summed E-state index contributed by atoms with van der Waals surface area (Å²) in [5.74, 6) is 2.79. The maximum atomic E-state index is 13.3. The van der Waals surface area contributed by atoms with Crippen molar-refractivity contribution in [2.75, 3.05) is 68.9 Å². The molecule has 0 aromatic carbocycles. The van der Waals surface area contributed by atoms with Crippen molar-refractivity contribution in [3.63, 3.8) is 0 Å². The summed E-state index contributed by atoms with van der Waals surface area (Å²) in [6, 6.07) is -0.0428. The van der Waals surface area contributed by atoms with Crippen molar-refractivity contribution in [2.45, 2.75) is 12.5 Å². The number of phosphoric acid groups is 1. The van der Waals surface area contributed by atoms with Crippen molar-refractivity contribution in [2.24, 2.45) is 5.92 Å². The summed E-state index contributed by atoms with van der Waals surface area (Å²) >= 11 is 0. The molecule has 2 aromatic rings. The molecule has 37 heavy (non-hydrogen) atoms. The summed E-state index contributed by atoms with van der Waals surface area (Å²) in [4.78, 5) is 12.8. The van der Waals surface area contributed by atoms with Crippen LogP contribution in [0.4, 0.5) is 5.95 Å². The Morgan fingerprint density at radius 2 is 1.68 bits per heavy atom. The fourth-order valence-electron chi connectivity index (χ4n) is 3.35. The smallest absolute Gasteiger partial charge is 0.474 e. The topological polar surface area (TPSA) is 164 Å². The van der Waals surface area contributed by atoms with Crippen LogP contribution in [0.25, 0.3) is 11.2 Å². The molecule has 208 valence electrons. The number of hydrogen-bond acceptors (Lipinski definition) is 15. The van der Waals surface area contributed by atoms with E-state index in [4.69, 9.17) is 34.3 Å². The first-order valence-corrected chi connectivity index (χ1v) is 17.9. The van der Waals surface area contributed by atoms with Crippen LogP contribution in [-0.4, -0.2) is 92.9 Å². The molecule has 0 aliphatic heterocycles. The number of aliphatic hydroxyl groups is 2. The number of aliphatic hydroxyl groups excluding tert-OH is 2. The fourth-order valence-corrected chi connectivity index (χ4v) is 8.02. The zero-order valence-electron chi connectivity index (χ0n) is 20.3. The second kappa shape index (κ2) is 16.4. The predicted molar refractivity (Wildman–Crippen MR) is 152 cm³/mol. The van der Waals surface area contributed by atoms with E-state index in [9.17, 15) is 4.57 Å². The molecule has 0 unspecified atom stereocenters. The third kappa shape index (κ3) is 9.78. The Kier molecular flexibility index (Phi) is 13.7. The maximum Gasteiger partial charge on any atom is 0.474 e. The van der Waals surface area contributed by atoms with E-state index in [-0.39, 0.29) is 50.9 Å². The van der Waals surface area contributed by atoms with Gasteiger partial charge in [-0.05, 0) is 6.42 Å². The second-order valence-electron chi connectivity index (χ2n) is 7.51. The monoisotopic (exact) mass is 613 g/mol. The van der Waals surface area contributed by atoms with Gasteiger partial charge in [0.05, 0.1) is 52.5 Å². The molecular weight excluding hydrogens is 581 g/mol. The van der Waals surface area contributed by atoms with Crippen molar-refractivity contribution < 1.29 is 33.1 Å². The van der Waals surface area contributed by atoms with Crippen LogP contribution in [0, 0.1) is 5.92 Å². The highest BCUT2D eigenvalue weighted by Gasteiger charge is 2.30. The lowest BCUT2D eigenvalue weighted by Crippen LogP contribution is -2.12. The molecule has 0 spiro atoms. The van der Waals surface area contributed by atoms with E-state index in [1.807, 2.05) is 16.7 Å². The molecule has 12 nitrogen and oxygen atoms in total. The van der Waals surface area contributed by atoms with Crippen LogP contribution in [-0.2, 0) is 18.1 Å². The highest BCUT2D eigenvalue weighted by atomic mass is 33.1. The summed E-state index contributed by atoms with van der Waals surface area (Å²) in [5, 5.41) is 17.7.